The van der Waals surface area contributed by atoms with Gasteiger partial charge in [0.05, 0.1) is 16.7 Å². The summed E-state index contributed by atoms with van der Waals surface area (Å²) in [5, 5.41) is 4.00. The van der Waals surface area contributed by atoms with Crippen molar-refractivity contribution < 1.29 is 27.5 Å². The van der Waals surface area contributed by atoms with Crippen LogP contribution in [0.25, 0.3) is 0 Å². The lowest BCUT2D eigenvalue weighted by Gasteiger charge is -2.13. The first-order valence-corrected chi connectivity index (χ1v) is 7.22. The first kappa shape index (κ1) is 17.6. The van der Waals surface area contributed by atoms with E-state index in [4.69, 9.17) is 16.3 Å². The van der Waals surface area contributed by atoms with Gasteiger partial charge in [-0.25, -0.2) is 0 Å². The summed E-state index contributed by atoms with van der Waals surface area (Å²) in [6.07, 6.45) is -3.12. The molecule has 0 aliphatic carbocycles. The van der Waals surface area contributed by atoms with Gasteiger partial charge in [0.15, 0.2) is 0 Å². The van der Waals surface area contributed by atoms with Crippen molar-refractivity contribution in [3.05, 3.63) is 28.8 Å². The minimum atomic E-state index is -4.65. The number of alkyl halides is 3. The lowest BCUT2D eigenvalue weighted by atomic mass is 10.2. The fourth-order valence-corrected chi connectivity index (χ4v) is 2.32. The van der Waals surface area contributed by atoms with Crippen LogP contribution < -0.4 is 10.6 Å². The number of anilines is 1. The standard InChI is InChI=1S/C14H14ClF3N2O3/c15-11-4-3-8(6-10(11)14(16,17)18)20-13(22)12(21)19-7-9-2-1-5-23-9/h3-4,6,9H,1-2,5,7H2,(H,19,21)(H,20,22)/t9-/m1/s1. The zero-order valence-corrected chi connectivity index (χ0v) is 12.6. The molecule has 1 aromatic rings. The van der Waals surface area contributed by atoms with E-state index in [-0.39, 0.29) is 18.3 Å². The minimum Gasteiger partial charge on any atom is -0.376 e. The van der Waals surface area contributed by atoms with Gasteiger partial charge < -0.3 is 15.4 Å². The summed E-state index contributed by atoms with van der Waals surface area (Å²) in [5.74, 6) is -2.00. The summed E-state index contributed by atoms with van der Waals surface area (Å²) in [5.41, 5.74) is -1.25. The molecule has 5 nitrogen and oxygen atoms in total. The molecule has 1 aliphatic heterocycles. The number of ether oxygens (including phenoxy) is 1. The molecular weight excluding hydrogens is 337 g/mol. The number of amides is 2. The quantitative estimate of drug-likeness (QED) is 0.823. The van der Waals surface area contributed by atoms with E-state index in [2.05, 4.69) is 10.6 Å². The van der Waals surface area contributed by atoms with Crippen LogP contribution >= 0.6 is 11.6 Å². The van der Waals surface area contributed by atoms with Crippen molar-refractivity contribution in [2.75, 3.05) is 18.5 Å². The summed E-state index contributed by atoms with van der Waals surface area (Å²) < 4.78 is 43.5. The van der Waals surface area contributed by atoms with Crippen LogP contribution in [0.5, 0.6) is 0 Å². The van der Waals surface area contributed by atoms with Crippen LogP contribution in [-0.4, -0.2) is 31.1 Å². The Morgan fingerprint density at radius 3 is 2.65 bits per heavy atom. The third-order valence-electron chi connectivity index (χ3n) is 3.25. The maximum atomic E-state index is 12.7. The highest BCUT2D eigenvalue weighted by molar-refractivity contribution is 6.39. The SMILES string of the molecule is O=C(NC[C@H]1CCCO1)C(=O)Nc1ccc(Cl)c(C(F)(F)F)c1. The average molecular weight is 351 g/mol. The van der Waals surface area contributed by atoms with E-state index in [1.807, 2.05) is 0 Å². The summed E-state index contributed by atoms with van der Waals surface area (Å²) >= 11 is 5.48. The van der Waals surface area contributed by atoms with Crippen molar-refractivity contribution in [3.63, 3.8) is 0 Å². The van der Waals surface area contributed by atoms with Gasteiger partial charge in [-0.15, -0.1) is 0 Å². The van der Waals surface area contributed by atoms with E-state index in [9.17, 15) is 22.8 Å². The van der Waals surface area contributed by atoms with Crippen molar-refractivity contribution in [1.82, 2.24) is 5.32 Å². The first-order chi connectivity index (χ1) is 10.8. The molecule has 0 radical (unpaired) electrons. The first-order valence-electron chi connectivity index (χ1n) is 6.85. The van der Waals surface area contributed by atoms with Crippen LogP contribution in [-0.2, 0) is 20.5 Å². The maximum Gasteiger partial charge on any atom is 0.417 e. The van der Waals surface area contributed by atoms with E-state index in [1.165, 1.54) is 6.07 Å². The normalized spacial score (nSPS) is 17.8. The monoisotopic (exact) mass is 350 g/mol. The van der Waals surface area contributed by atoms with Gasteiger partial charge in [0.1, 0.15) is 0 Å². The zero-order valence-electron chi connectivity index (χ0n) is 11.9. The molecule has 0 spiro atoms. The molecule has 23 heavy (non-hydrogen) atoms. The van der Waals surface area contributed by atoms with Crippen LogP contribution in [0.3, 0.4) is 0 Å². The van der Waals surface area contributed by atoms with Crippen LogP contribution in [0.2, 0.25) is 5.02 Å². The van der Waals surface area contributed by atoms with Crippen molar-refractivity contribution in [2.24, 2.45) is 0 Å². The second-order valence-corrected chi connectivity index (χ2v) is 5.40. The van der Waals surface area contributed by atoms with E-state index in [0.29, 0.717) is 12.7 Å². The number of benzene rings is 1. The molecular formula is C14H14ClF3N2O3. The molecule has 0 bridgehead atoms. The summed E-state index contributed by atoms with van der Waals surface area (Å²) in [4.78, 5) is 23.3. The highest BCUT2D eigenvalue weighted by atomic mass is 35.5. The van der Waals surface area contributed by atoms with Gasteiger partial charge in [-0.1, -0.05) is 11.6 Å². The minimum absolute atomic E-state index is 0.140. The topological polar surface area (TPSA) is 67.4 Å². The number of rotatable bonds is 3. The van der Waals surface area contributed by atoms with Crippen molar-refractivity contribution in [2.45, 2.75) is 25.1 Å². The third kappa shape index (κ3) is 4.84. The number of carbonyl (C=O) groups is 2. The molecule has 126 valence electrons. The Kier molecular flexibility index (Phi) is 5.48. The Labute approximate surface area is 135 Å². The Morgan fingerprint density at radius 1 is 1.30 bits per heavy atom. The highest BCUT2D eigenvalue weighted by Gasteiger charge is 2.33. The molecule has 2 rings (SSSR count). The molecule has 1 atom stereocenters. The second-order valence-electron chi connectivity index (χ2n) is 4.99. The Bertz CT molecular complexity index is 601. The predicted molar refractivity (Wildman–Crippen MR) is 77.1 cm³/mol. The Balaban J connectivity index is 1.95. The molecule has 0 saturated carbocycles. The Hall–Kier alpha value is -1.80. The number of hydrogen-bond donors (Lipinski definition) is 2. The zero-order chi connectivity index (χ0) is 17.0. The molecule has 2 N–H and O–H groups in total. The van der Waals surface area contributed by atoms with E-state index >= 15 is 0 Å². The van der Waals surface area contributed by atoms with E-state index in [1.54, 1.807) is 0 Å². The average Bonchev–Trinajstić information content (AvgIpc) is 2.98. The van der Waals surface area contributed by atoms with E-state index in [0.717, 1.165) is 18.9 Å². The Morgan fingerprint density at radius 2 is 2.04 bits per heavy atom. The van der Waals surface area contributed by atoms with Crippen molar-refractivity contribution >= 4 is 29.1 Å². The molecule has 0 aromatic heterocycles. The number of hydrogen-bond acceptors (Lipinski definition) is 3. The van der Waals surface area contributed by atoms with Crippen molar-refractivity contribution in [1.29, 1.82) is 0 Å². The van der Waals surface area contributed by atoms with Crippen LogP contribution in [0.15, 0.2) is 18.2 Å². The lowest BCUT2D eigenvalue weighted by Crippen LogP contribution is -2.39. The largest absolute Gasteiger partial charge is 0.417 e. The van der Waals surface area contributed by atoms with Gasteiger partial charge in [-0.05, 0) is 31.0 Å². The van der Waals surface area contributed by atoms with Crippen molar-refractivity contribution in [3.8, 4) is 0 Å². The second kappa shape index (κ2) is 7.18. The maximum absolute atomic E-state index is 12.7. The van der Waals surface area contributed by atoms with Gasteiger partial charge >= 0.3 is 18.0 Å². The molecule has 1 aliphatic rings. The smallest absolute Gasteiger partial charge is 0.376 e. The number of carbonyl (C=O) groups excluding carboxylic acids is 2. The number of nitrogens with one attached hydrogen (secondary N) is 2. The third-order valence-corrected chi connectivity index (χ3v) is 3.58. The fourth-order valence-electron chi connectivity index (χ4n) is 2.10. The highest BCUT2D eigenvalue weighted by Crippen LogP contribution is 2.36. The fraction of sp³-hybridized carbons (Fsp3) is 0.429. The van der Waals surface area contributed by atoms with Gasteiger partial charge in [0.2, 0.25) is 0 Å². The van der Waals surface area contributed by atoms with Gasteiger partial charge in [0, 0.05) is 18.8 Å². The molecule has 2 amide bonds. The molecule has 1 fully saturated rings. The van der Waals surface area contributed by atoms with Gasteiger partial charge in [-0.3, -0.25) is 9.59 Å². The summed E-state index contributed by atoms with van der Waals surface area (Å²) in [7, 11) is 0. The molecule has 9 heteroatoms. The molecule has 1 heterocycles. The van der Waals surface area contributed by atoms with Crippen LogP contribution in [0, 0.1) is 0 Å². The van der Waals surface area contributed by atoms with Crippen LogP contribution in [0.1, 0.15) is 18.4 Å². The van der Waals surface area contributed by atoms with E-state index < -0.39 is 28.6 Å². The van der Waals surface area contributed by atoms with Crippen LogP contribution in [0.4, 0.5) is 18.9 Å². The lowest BCUT2D eigenvalue weighted by molar-refractivity contribution is -0.137. The molecule has 1 saturated heterocycles. The molecule has 0 unspecified atom stereocenters. The van der Waals surface area contributed by atoms with Gasteiger partial charge in [0.25, 0.3) is 0 Å². The molecule has 1 aromatic carbocycles. The summed E-state index contributed by atoms with van der Waals surface area (Å²) in [6, 6.07) is 2.86. The predicted octanol–water partition coefficient (Wildman–Crippen LogP) is 2.59. The van der Waals surface area contributed by atoms with Gasteiger partial charge in [-0.2, -0.15) is 13.2 Å². The summed E-state index contributed by atoms with van der Waals surface area (Å²) in [6.45, 7) is 0.790. The number of halogens is 4.